The molecule has 0 saturated carbocycles. The van der Waals surface area contributed by atoms with E-state index in [1.54, 1.807) is 24.3 Å². The zero-order chi connectivity index (χ0) is 54.6. The maximum atomic E-state index is 13.6. The number of esters is 2. The van der Waals surface area contributed by atoms with Crippen molar-refractivity contribution in [3.63, 3.8) is 0 Å². The van der Waals surface area contributed by atoms with E-state index >= 15 is 0 Å². The number of allylic oxidation sites excluding steroid dienone is 2. The average Bonchev–Trinajstić information content (AvgIpc) is 3.93. The molecular formula is C63H62N2O12. The number of hydrogen-bond acceptors (Lipinski definition) is 12. The predicted octanol–water partition coefficient (Wildman–Crippen LogP) is 11.7. The second kappa shape index (κ2) is 25.2. The van der Waals surface area contributed by atoms with Crippen molar-refractivity contribution in [2.45, 2.75) is 70.9 Å². The second-order valence-electron chi connectivity index (χ2n) is 19.7. The third-order valence-electron chi connectivity index (χ3n) is 13.3. The third kappa shape index (κ3) is 13.6. The van der Waals surface area contributed by atoms with Crippen molar-refractivity contribution < 1.29 is 57.2 Å². The lowest BCUT2D eigenvalue weighted by molar-refractivity contribution is -0.138. The summed E-state index contributed by atoms with van der Waals surface area (Å²) in [5.41, 5.74) is 9.74. The molecule has 8 rings (SSSR count). The Morgan fingerprint density at radius 2 is 0.805 bits per heavy atom. The van der Waals surface area contributed by atoms with Crippen LogP contribution in [0.25, 0.3) is 34.4 Å². The molecule has 14 heteroatoms. The number of fused-ring (bicyclic) bond motifs is 6. The van der Waals surface area contributed by atoms with Gasteiger partial charge in [-0.25, -0.2) is 19.2 Å². The standard InChI is InChI=1S/C63H62N2O12/c1-38(2)31-54(64-62(70)74-36-52-48-19-11-7-15-44(48)45-16-8-12-20-49(45)52)60(68)76-56-29-25-40(33-58(56)72-5)23-27-42(66)35-43(67)28-24-41-26-30-57(59(34-41)73-6)77-61(69)55(32-39(3)4)65-63(71)75-37-53-50-21-13-9-17-46(50)47-18-10-14-22-51(47)53/h7-30,33-34,38-39,52-55H,31-32,35-37H2,1-6H3,(H,64,70)(H,65,71)/b27-23+,28-24+/t54-,55-/m0/s1. The second-order valence-corrected chi connectivity index (χ2v) is 19.7. The number of hydrogen-bond donors (Lipinski definition) is 2. The number of ketones is 2. The third-order valence-corrected chi connectivity index (χ3v) is 13.3. The van der Waals surface area contributed by atoms with Crippen LogP contribution in [0.4, 0.5) is 9.59 Å². The molecular weight excluding hydrogens is 977 g/mol. The Balaban J connectivity index is 0.813. The van der Waals surface area contributed by atoms with Gasteiger partial charge in [0.1, 0.15) is 25.3 Å². The van der Waals surface area contributed by atoms with Gasteiger partial charge in [-0.15, -0.1) is 0 Å². The first-order valence-electron chi connectivity index (χ1n) is 25.6. The van der Waals surface area contributed by atoms with Gasteiger partial charge in [-0.05, 0) is 117 Å². The molecule has 2 aliphatic carbocycles. The SMILES string of the molecule is COc1cc(/C=C/C(=O)CC(=O)/C=C/c2ccc(OC(=O)[C@H](CC(C)C)NC(=O)OCC3c4ccccc4-c4ccccc43)c(OC)c2)ccc1OC(=O)[C@H](CC(C)C)NC(=O)OCC1c2ccccc2-c2ccccc21. The molecule has 0 unspecified atom stereocenters. The summed E-state index contributed by atoms with van der Waals surface area (Å²) in [6, 6.07) is 39.5. The van der Waals surface area contributed by atoms with E-state index in [1.807, 2.05) is 100 Å². The minimum atomic E-state index is -1.02. The number of benzene rings is 6. The maximum Gasteiger partial charge on any atom is 0.407 e. The summed E-state index contributed by atoms with van der Waals surface area (Å²) in [7, 11) is 2.82. The minimum Gasteiger partial charge on any atom is -0.493 e. The van der Waals surface area contributed by atoms with Gasteiger partial charge in [0.05, 0.1) is 20.6 Å². The van der Waals surface area contributed by atoms with Crippen LogP contribution < -0.4 is 29.6 Å². The Labute approximate surface area is 448 Å². The number of carbonyl (C=O) groups is 6. The highest BCUT2D eigenvalue weighted by Gasteiger charge is 2.33. The molecule has 0 bridgehead atoms. The molecule has 77 heavy (non-hydrogen) atoms. The lowest BCUT2D eigenvalue weighted by Crippen LogP contribution is -2.44. The lowest BCUT2D eigenvalue weighted by Gasteiger charge is -2.21. The van der Waals surface area contributed by atoms with Gasteiger partial charge in [0, 0.05) is 11.8 Å². The quantitative estimate of drug-likeness (QED) is 0.0285. The van der Waals surface area contributed by atoms with Crippen LogP contribution in [0.5, 0.6) is 23.0 Å². The van der Waals surface area contributed by atoms with Crippen LogP contribution in [-0.4, -0.2) is 75.2 Å². The summed E-state index contributed by atoms with van der Waals surface area (Å²) in [6.07, 6.45) is 4.22. The Kier molecular flexibility index (Phi) is 17.8. The van der Waals surface area contributed by atoms with E-state index in [-0.39, 0.29) is 72.7 Å². The van der Waals surface area contributed by atoms with E-state index in [2.05, 4.69) is 34.9 Å². The summed E-state index contributed by atoms with van der Waals surface area (Å²) in [5.74, 6) is -1.99. The highest BCUT2D eigenvalue weighted by atomic mass is 16.6. The first-order chi connectivity index (χ1) is 37.2. The fourth-order valence-corrected chi connectivity index (χ4v) is 9.71. The van der Waals surface area contributed by atoms with E-state index in [4.69, 9.17) is 28.4 Å². The molecule has 0 heterocycles. The highest BCUT2D eigenvalue weighted by molar-refractivity contribution is 6.11. The largest absolute Gasteiger partial charge is 0.493 e. The van der Waals surface area contributed by atoms with Crippen molar-refractivity contribution in [2.24, 2.45) is 11.8 Å². The van der Waals surface area contributed by atoms with Gasteiger partial charge in [0.25, 0.3) is 0 Å². The summed E-state index contributed by atoms with van der Waals surface area (Å²) in [5, 5.41) is 5.40. The normalized spacial score (nSPS) is 13.3. The molecule has 396 valence electrons. The summed E-state index contributed by atoms with van der Waals surface area (Å²) >= 11 is 0. The van der Waals surface area contributed by atoms with Gasteiger partial charge in [-0.2, -0.15) is 0 Å². The van der Waals surface area contributed by atoms with Gasteiger partial charge in [0.2, 0.25) is 0 Å². The average molecular weight is 1040 g/mol. The number of alkyl carbamates (subject to hydrolysis) is 2. The molecule has 6 aromatic carbocycles. The van der Waals surface area contributed by atoms with Crippen LogP contribution in [0.15, 0.2) is 146 Å². The van der Waals surface area contributed by atoms with E-state index in [9.17, 15) is 28.8 Å². The Morgan fingerprint density at radius 1 is 0.468 bits per heavy atom. The van der Waals surface area contributed by atoms with Crippen molar-refractivity contribution in [1.29, 1.82) is 0 Å². The molecule has 0 fully saturated rings. The van der Waals surface area contributed by atoms with E-state index < -0.39 is 54.2 Å². The zero-order valence-electron chi connectivity index (χ0n) is 43.9. The van der Waals surface area contributed by atoms with Crippen LogP contribution in [0.2, 0.25) is 0 Å². The van der Waals surface area contributed by atoms with Gasteiger partial charge in [-0.1, -0.05) is 149 Å². The van der Waals surface area contributed by atoms with E-state index in [0.717, 1.165) is 44.5 Å². The molecule has 14 nitrogen and oxygen atoms in total. The Morgan fingerprint density at radius 3 is 1.13 bits per heavy atom. The fraction of sp³-hybridized carbons (Fsp3) is 0.270. The highest BCUT2D eigenvalue weighted by Crippen LogP contribution is 2.46. The minimum absolute atomic E-state index is 0.0234. The first-order valence-corrected chi connectivity index (χ1v) is 25.6. The molecule has 6 aromatic rings. The molecule has 0 aliphatic heterocycles. The van der Waals surface area contributed by atoms with Crippen LogP contribution in [-0.2, 0) is 28.7 Å². The van der Waals surface area contributed by atoms with Crippen molar-refractivity contribution in [1.82, 2.24) is 10.6 Å². The van der Waals surface area contributed by atoms with Crippen LogP contribution in [0, 0.1) is 11.8 Å². The lowest BCUT2D eigenvalue weighted by atomic mass is 9.98. The Hall–Kier alpha value is -8.78. The van der Waals surface area contributed by atoms with Gasteiger partial charge >= 0.3 is 24.1 Å². The number of nitrogens with one attached hydrogen (secondary N) is 2. The summed E-state index contributed by atoms with van der Waals surface area (Å²) in [6.45, 7) is 7.87. The van der Waals surface area contributed by atoms with Gasteiger partial charge < -0.3 is 39.1 Å². The molecule has 2 atom stereocenters. The fourth-order valence-electron chi connectivity index (χ4n) is 9.71. The smallest absolute Gasteiger partial charge is 0.407 e. The van der Waals surface area contributed by atoms with Gasteiger partial charge in [0.15, 0.2) is 34.6 Å². The molecule has 2 N–H and O–H groups in total. The monoisotopic (exact) mass is 1040 g/mol. The van der Waals surface area contributed by atoms with Crippen LogP contribution in [0.3, 0.4) is 0 Å². The number of ether oxygens (including phenoxy) is 6. The molecule has 0 radical (unpaired) electrons. The van der Waals surface area contributed by atoms with Crippen molar-refractivity contribution >= 4 is 47.8 Å². The topological polar surface area (TPSA) is 182 Å². The van der Waals surface area contributed by atoms with E-state index in [0.29, 0.717) is 11.1 Å². The van der Waals surface area contributed by atoms with Crippen molar-refractivity contribution in [3.05, 3.63) is 179 Å². The predicted molar refractivity (Wildman–Crippen MR) is 293 cm³/mol. The zero-order valence-corrected chi connectivity index (χ0v) is 43.9. The summed E-state index contributed by atoms with van der Waals surface area (Å²) in [4.78, 5) is 79.3. The Bertz CT molecular complexity index is 2930. The summed E-state index contributed by atoms with van der Waals surface area (Å²) < 4.78 is 34.0. The molecule has 0 saturated heterocycles. The molecule has 2 aliphatic rings. The number of carbonyl (C=O) groups excluding carboxylic acids is 6. The van der Waals surface area contributed by atoms with Crippen LogP contribution in [0.1, 0.15) is 92.2 Å². The van der Waals surface area contributed by atoms with E-state index in [1.165, 1.54) is 50.7 Å². The van der Waals surface area contributed by atoms with Gasteiger partial charge in [-0.3, -0.25) is 9.59 Å². The molecule has 2 amide bonds. The molecule has 0 aromatic heterocycles. The first kappa shape index (κ1) is 54.5. The molecule has 0 spiro atoms. The van der Waals surface area contributed by atoms with Crippen LogP contribution >= 0.6 is 0 Å². The number of methoxy groups -OCH3 is 2. The van der Waals surface area contributed by atoms with Crippen molar-refractivity contribution in [3.8, 4) is 45.3 Å². The maximum absolute atomic E-state index is 13.6. The number of rotatable bonds is 22. The number of amides is 2. The van der Waals surface area contributed by atoms with Crippen molar-refractivity contribution in [2.75, 3.05) is 27.4 Å².